The molecule has 0 aliphatic rings. The first-order valence-electron chi connectivity index (χ1n) is 18.8. The third kappa shape index (κ3) is 7.95. The van der Waals surface area contributed by atoms with Crippen LogP contribution in [0.2, 0.25) is 0 Å². The Kier molecular flexibility index (Phi) is 10.1. The lowest BCUT2D eigenvalue weighted by molar-refractivity contribution is 0.0689. The molecule has 0 bridgehead atoms. The summed E-state index contributed by atoms with van der Waals surface area (Å²) in [5.74, 6) is 0.105. The van der Waals surface area contributed by atoms with E-state index in [0.29, 0.717) is 58.0 Å². The standard InChI is InChI=1S/C48H38F2N2O7/c1-25-17-39-37(23-41(51-39)47(54)55)27(3)45(25)58-36-14-16-44(32(22-36)20-30-7-11-34(50)12-8-30)59-48(56)42-24-38-28(4)46(26(2)18-40(38)52-42)57-35-13-15-43(53)31(21-35)19-29-5-9-33(49)10-6-29/h5-18,21-24,51-53H,19-20H2,1-4H3,(H,54,55). The summed E-state index contributed by atoms with van der Waals surface area (Å²) < 4.78 is 46.1. The fourth-order valence-corrected chi connectivity index (χ4v) is 7.39. The van der Waals surface area contributed by atoms with Crippen molar-refractivity contribution in [1.29, 1.82) is 0 Å². The van der Waals surface area contributed by atoms with E-state index in [1.54, 1.807) is 72.8 Å². The summed E-state index contributed by atoms with van der Waals surface area (Å²) >= 11 is 0. The Morgan fingerprint density at radius 3 is 1.61 bits per heavy atom. The molecule has 0 saturated carbocycles. The van der Waals surface area contributed by atoms with Crippen molar-refractivity contribution in [1.82, 2.24) is 9.97 Å². The number of phenols is 1. The maximum absolute atomic E-state index is 13.8. The van der Waals surface area contributed by atoms with Crippen LogP contribution in [0.3, 0.4) is 0 Å². The molecule has 296 valence electrons. The molecule has 0 fully saturated rings. The SMILES string of the molecule is Cc1cc2[nH]c(C(=O)O)cc2c(C)c1Oc1ccc(OC(=O)c2cc3c(C)c(Oc4ccc(O)c(Cc5ccc(F)cc5)c4)c(C)cc3[nH]2)c(Cc2ccc(F)cc2)c1. The van der Waals surface area contributed by atoms with E-state index in [0.717, 1.165) is 44.2 Å². The van der Waals surface area contributed by atoms with Crippen LogP contribution in [-0.2, 0) is 12.8 Å². The third-order valence-electron chi connectivity index (χ3n) is 10.4. The Balaban J connectivity index is 1.07. The van der Waals surface area contributed by atoms with Gasteiger partial charge in [0.2, 0.25) is 0 Å². The summed E-state index contributed by atoms with van der Waals surface area (Å²) in [6.45, 7) is 7.53. The maximum atomic E-state index is 13.8. The lowest BCUT2D eigenvalue weighted by Gasteiger charge is -2.16. The van der Waals surface area contributed by atoms with Crippen LogP contribution in [-0.4, -0.2) is 32.1 Å². The number of aromatic amines is 2. The zero-order valence-corrected chi connectivity index (χ0v) is 32.5. The van der Waals surface area contributed by atoms with Gasteiger partial charge < -0.3 is 34.4 Å². The number of aromatic nitrogens is 2. The lowest BCUT2D eigenvalue weighted by Crippen LogP contribution is -2.10. The summed E-state index contributed by atoms with van der Waals surface area (Å²) in [5.41, 5.74) is 7.66. The van der Waals surface area contributed by atoms with Gasteiger partial charge in [0.25, 0.3) is 0 Å². The van der Waals surface area contributed by atoms with E-state index >= 15 is 0 Å². The van der Waals surface area contributed by atoms with Gasteiger partial charge in [-0.15, -0.1) is 0 Å². The van der Waals surface area contributed by atoms with Gasteiger partial charge in [0.15, 0.2) is 0 Å². The van der Waals surface area contributed by atoms with E-state index < -0.39 is 11.9 Å². The summed E-state index contributed by atoms with van der Waals surface area (Å²) in [7, 11) is 0. The molecule has 2 aromatic heterocycles. The Labute approximate surface area is 337 Å². The topological polar surface area (TPSA) is 134 Å². The number of H-pyrrole nitrogens is 2. The van der Waals surface area contributed by atoms with E-state index in [4.69, 9.17) is 14.2 Å². The molecule has 8 aromatic rings. The molecule has 0 atom stereocenters. The Morgan fingerprint density at radius 1 is 0.593 bits per heavy atom. The number of carbonyl (C=O) groups excluding carboxylic acids is 1. The Bertz CT molecular complexity index is 2930. The quantitative estimate of drug-likeness (QED) is 0.0757. The highest BCUT2D eigenvalue weighted by Gasteiger charge is 2.21. The van der Waals surface area contributed by atoms with Crippen LogP contribution in [0.1, 0.15) is 65.5 Å². The number of phenolic OH excluding ortho intramolecular Hbond substituents is 1. The number of nitrogens with one attached hydrogen (secondary N) is 2. The number of carbonyl (C=O) groups is 2. The number of halogens is 2. The minimum absolute atomic E-state index is 0.0740. The van der Waals surface area contributed by atoms with E-state index in [-0.39, 0.29) is 34.5 Å². The summed E-state index contributed by atoms with van der Waals surface area (Å²) in [6, 6.07) is 29.3. The van der Waals surface area contributed by atoms with E-state index in [1.165, 1.54) is 24.3 Å². The molecule has 0 radical (unpaired) electrons. The van der Waals surface area contributed by atoms with Crippen LogP contribution >= 0.6 is 0 Å². The number of fused-ring (bicyclic) bond motifs is 2. The zero-order chi connectivity index (χ0) is 41.5. The summed E-state index contributed by atoms with van der Waals surface area (Å²) in [6.07, 6.45) is 0.678. The number of aromatic hydroxyl groups is 1. The van der Waals surface area contributed by atoms with Crippen LogP contribution in [0.4, 0.5) is 8.78 Å². The number of benzene rings is 6. The highest BCUT2D eigenvalue weighted by molar-refractivity contribution is 5.98. The first-order chi connectivity index (χ1) is 28.3. The molecule has 9 nitrogen and oxygen atoms in total. The second-order valence-electron chi connectivity index (χ2n) is 14.6. The molecule has 0 unspecified atom stereocenters. The van der Waals surface area contributed by atoms with Crippen LogP contribution in [0.15, 0.2) is 109 Å². The number of aromatic carboxylic acids is 1. The van der Waals surface area contributed by atoms with Crippen molar-refractivity contribution < 1.29 is 42.8 Å². The summed E-state index contributed by atoms with van der Waals surface area (Å²) in [5, 5.41) is 21.5. The minimum atomic E-state index is -1.06. The maximum Gasteiger partial charge on any atom is 0.360 e. The number of esters is 1. The van der Waals surface area contributed by atoms with Gasteiger partial charge in [-0.25, -0.2) is 18.4 Å². The molecule has 2 heterocycles. The van der Waals surface area contributed by atoms with Gasteiger partial charge in [-0.05, 0) is 135 Å². The first-order valence-corrected chi connectivity index (χ1v) is 18.8. The second-order valence-corrected chi connectivity index (χ2v) is 14.6. The number of carboxylic acid groups (broad SMARTS) is 1. The molecular formula is C48H38F2N2O7. The average molecular weight is 793 g/mol. The predicted octanol–water partition coefficient (Wildman–Crippen LogP) is 11.6. The minimum Gasteiger partial charge on any atom is -0.508 e. The second kappa shape index (κ2) is 15.5. The van der Waals surface area contributed by atoms with Crippen LogP contribution in [0.25, 0.3) is 21.8 Å². The van der Waals surface area contributed by atoms with Crippen molar-refractivity contribution in [3.05, 3.63) is 177 Å². The largest absolute Gasteiger partial charge is 0.508 e. The van der Waals surface area contributed by atoms with Gasteiger partial charge >= 0.3 is 11.9 Å². The number of aryl methyl sites for hydroxylation is 4. The lowest BCUT2D eigenvalue weighted by atomic mass is 10.0. The van der Waals surface area contributed by atoms with E-state index in [1.807, 2.05) is 39.8 Å². The molecule has 4 N–H and O–H groups in total. The van der Waals surface area contributed by atoms with Gasteiger partial charge in [0, 0.05) is 56.9 Å². The van der Waals surface area contributed by atoms with Crippen molar-refractivity contribution in [3.63, 3.8) is 0 Å². The summed E-state index contributed by atoms with van der Waals surface area (Å²) in [4.78, 5) is 31.6. The fraction of sp³-hybridized carbons (Fsp3) is 0.125. The van der Waals surface area contributed by atoms with Crippen LogP contribution in [0.5, 0.6) is 34.5 Å². The smallest absolute Gasteiger partial charge is 0.360 e. The molecule has 0 saturated heterocycles. The van der Waals surface area contributed by atoms with Crippen molar-refractivity contribution in [2.24, 2.45) is 0 Å². The van der Waals surface area contributed by atoms with Crippen LogP contribution < -0.4 is 14.2 Å². The third-order valence-corrected chi connectivity index (χ3v) is 10.4. The molecule has 0 aliphatic heterocycles. The fourth-order valence-electron chi connectivity index (χ4n) is 7.39. The number of ether oxygens (including phenoxy) is 3. The normalized spacial score (nSPS) is 11.3. The van der Waals surface area contributed by atoms with Gasteiger partial charge in [-0.3, -0.25) is 0 Å². The molecular weight excluding hydrogens is 755 g/mol. The van der Waals surface area contributed by atoms with E-state index in [2.05, 4.69) is 9.97 Å². The van der Waals surface area contributed by atoms with Crippen molar-refractivity contribution in [2.75, 3.05) is 0 Å². The van der Waals surface area contributed by atoms with Gasteiger partial charge in [0.05, 0.1) is 0 Å². The highest BCUT2D eigenvalue weighted by atomic mass is 19.1. The zero-order valence-electron chi connectivity index (χ0n) is 32.5. The first kappa shape index (κ1) is 38.5. The molecule has 0 aliphatic carbocycles. The molecule has 0 spiro atoms. The van der Waals surface area contributed by atoms with Crippen LogP contribution in [0, 0.1) is 39.3 Å². The van der Waals surface area contributed by atoms with Crippen molar-refractivity contribution in [2.45, 2.75) is 40.5 Å². The molecule has 11 heteroatoms. The number of hydrogen-bond acceptors (Lipinski definition) is 6. The van der Waals surface area contributed by atoms with E-state index in [9.17, 15) is 28.6 Å². The monoisotopic (exact) mass is 792 g/mol. The number of rotatable bonds is 11. The predicted molar refractivity (Wildman–Crippen MR) is 221 cm³/mol. The molecule has 8 rings (SSSR count). The van der Waals surface area contributed by atoms with Gasteiger partial charge in [-0.1, -0.05) is 24.3 Å². The highest BCUT2D eigenvalue weighted by Crippen LogP contribution is 2.39. The molecule has 0 amide bonds. The van der Waals surface area contributed by atoms with Gasteiger partial charge in [-0.2, -0.15) is 0 Å². The van der Waals surface area contributed by atoms with Gasteiger partial charge in [0.1, 0.15) is 57.5 Å². The number of carboxylic acids is 1. The van der Waals surface area contributed by atoms with Crippen molar-refractivity contribution in [3.8, 4) is 34.5 Å². The average Bonchev–Trinajstić information content (AvgIpc) is 3.84. The number of hydrogen-bond donors (Lipinski definition) is 4. The Hall–Kier alpha value is -7.40. The van der Waals surface area contributed by atoms with Crippen molar-refractivity contribution >= 4 is 33.7 Å². The Morgan fingerprint density at radius 2 is 1.07 bits per heavy atom. The molecule has 6 aromatic carbocycles. The molecule has 59 heavy (non-hydrogen) atoms.